The van der Waals surface area contributed by atoms with E-state index in [2.05, 4.69) is 6.92 Å². The molecular formula is C16H17NO. The van der Waals surface area contributed by atoms with E-state index in [4.69, 9.17) is 5.73 Å². The van der Waals surface area contributed by atoms with E-state index < -0.39 is 0 Å². The van der Waals surface area contributed by atoms with Crippen LogP contribution >= 0.6 is 0 Å². The van der Waals surface area contributed by atoms with Crippen molar-refractivity contribution in [1.82, 2.24) is 0 Å². The maximum absolute atomic E-state index is 12.4. The Labute approximate surface area is 107 Å². The van der Waals surface area contributed by atoms with Crippen molar-refractivity contribution in [3.63, 3.8) is 0 Å². The third-order valence-electron chi connectivity index (χ3n) is 3.23. The van der Waals surface area contributed by atoms with Gasteiger partial charge in [-0.15, -0.1) is 0 Å². The smallest absolute Gasteiger partial charge is 0.195 e. The second-order valence-corrected chi connectivity index (χ2v) is 4.37. The van der Waals surface area contributed by atoms with Crippen LogP contribution in [-0.4, -0.2) is 5.78 Å². The number of carbonyl (C=O) groups is 1. The fourth-order valence-electron chi connectivity index (χ4n) is 2.19. The molecule has 2 rings (SSSR count). The summed E-state index contributed by atoms with van der Waals surface area (Å²) in [5.74, 6) is -0.0113. The maximum Gasteiger partial charge on any atom is 0.195 e. The SMILES string of the molecule is CCc1c(C)ccc(C(=O)c2ccccc2)c1N. The van der Waals surface area contributed by atoms with E-state index in [0.717, 1.165) is 17.5 Å². The Bertz CT molecular complexity index is 573. The highest BCUT2D eigenvalue weighted by Crippen LogP contribution is 2.24. The molecule has 0 aliphatic rings. The van der Waals surface area contributed by atoms with Crippen LogP contribution in [-0.2, 0) is 6.42 Å². The molecule has 18 heavy (non-hydrogen) atoms. The molecule has 2 nitrogen and oxygen atoms in total. The van der Waals surface area contributed by atoms with Crippen LogP contribution in [0.4, 0.5) is 5.69 Å². The van der Waals surface area contributed by atoms with E-state index >= 15 is 0 Å². The molecule has 2 aromatic rings. The van der Waals surface area contributed by atoms with Gasteiger partial charge in [0.2, 0.25) is 0 Å². The highest BCUT2D eigenvalue weighted by atomic mass is 16.1. The predicted octanol–water partition coefficient (Wildman–Crippen LogP) is 3.37. The van der Waals surface area contributed by atoms with E-state index in [1.165, 1.54) is 0 Å². The number of rotatable bonds is 3. The first-order valence-corrected chi connectivity index (χ1v) is 6.12. The van der Waals surface area contributed by atoms with Crippen molar-refractivity contribution in [1.29, 1.82) is 0 Å². The van der Waals surface area contributed by atoms with Crippen molar-refractivity contribution in [2.45, 2.75) is 20.3 Å². The molecule has 0 aliphatic heterocycles. The summed E-state index contributed by atoms with van der Waals surface area (Å²) in [6.45, 7) is 4.07. The van der Waals surface area contributed by atoms with Gasteiger partial charge in [-0.05, 0) is 30.5 Å². The van der Waals surface area contributed by atoms with Gasteiger partial charge in [0.15, 0.2) is 5.78 Å². The maximum atomic E-state index is 12.4. The Morgan fingerprint density at radius 3 is 2.39 bits per heavy atom. The monoisotopic (exact) mass is 239 g/mol. The van der Waals surface area contributed by atoms with Gasteiger partial charge in [0, 0.05) is 16.8 Å². The van der Waals surface area contributed by atoms with Gasteiger partial charge < -0.3 is 5.73 Å². The number of hydrogen-bond acceptors (Lipinski definition) is 2. The molecule has 0 atom stereocenters. The van der Waals surface area contributed by atoms with Crippen molar-refractivity contribution in [3.8, 4) is 0 Å². The molecule has 0 unspecified atom stereocenters. The Hall–Kier alpha value is -2.09. The zero-order valence-corrected chi connectivity index (χ0v) is 10.7. The first-order valence-electron chi connectivity index (χ1n) is 6.12. The Morgan fingerprint density at radius 2 is 1.78 bits per heavy atom. The minimum Gasteiger partial charge on any atom is -0.398 e. The van der Waals surface area contributed by atoms with Crippen molar-refractivity contribution in [2.75, 3.05) is 5.73 Å². The lowest BCUT2D eigenvalue weighted by molar-refractivity contribution is 0.103. The van der Waals surface area contributed by atoms with Crippen molar-refractivity contribution in [2.24, 2.45) is 0 Å². The normalized spacial score (nSPS) is 10.3. The van der Waals surface area contributed by atoms with Crippen LogP contribution in [0.15, 0.2) is 42.5 Å². The fraction of sp³-hybridized carbons (Fsp3) is 0.188. The first kappa shape index (κ1) is 12.4. The summed E-state index contributed by atoms with van der Waals surface area (Å²) >= 11 is 0. The van der Waals surface area contributed by atoms with Crippen LogP contribution in [0.2, 0.25) is 0 Å². The van der Waals surface area contributed by atoms with Crippen molar-refractivity contribution < 1.29 is 4.79 Å². The Kier molecular flexibility index (Phi) is 3.47. The zero-order chi connectivity index (χ0) is 13.1. The van der Waals surface area contributed by atoms with Gasteiger partial charge >= 0.3 is 0 Å². The summed E-state index contributed by atoms with van der Waals surface area (Å²) in [5, 5.41) is 0. The van der Waals surface area contributed by atoms with E-state index in [1.807, 2.05) is 49.4 Å². The van der Waals surface area contributed by atoms with E-state index in [1.54, 1.807) is 0 Å². The van der Waals surface area contributed by atoms with Gasteiger partial charge in [0.1, 0.15) is 0 Å². The average molecular weight is 239 g/mol. The molecule has 0 amide bonds. The number of nitrogens with two attached hydrogens (primary N) is 1. The summed E-state index contributed by atoms with van der Waals surface area (Å²) < 4.78 is 0. The van der Waals surface area contributed by atoms with Crippen LogP contribution in [0, 0.1) is 6.92 Å². The van der Waals surface area contributed by atoms with E-state index in [0.29, 0.717) is 16.8 Å². The fourth-order valence-corrected chi connectivity index (χ4v) is 2.19. The molecule has 0 fully saturated rings. The second-order valence-electron chi connectivity index (χ2n) is 4.37. The lowest BCUT2D eigenvalue weighted by atomic mass is 9.95. The minimum absolute atomic E-state index is 0.0113. The van der Waals surface area contributed by atoms with Gasteiger partial charge in [0.05, 0.1) is 0 Å². The molecule has 0 saturated heterocycles. The van der Waals surface area contributed by atoms with E-state index in [-0.39, 0.29) is 5.78 Å². The van der Waals surface area contributed by atoms with Gasteiger partial charge in [-0.1, -0.05) is 43.3 Å². The van der Waals surface area contributed by atoms with Crippen LogP contribution < -0.4 is 5.73 Å². The van der Waals surface area contributed by atoms with Crippen molar-refractivity contribution in [3.05, 3.63) is 64.7 Å². The molecule has 0 radical (unpaired) electrons. The largest absolute Gasteiger partial charge is 0.398 e. The number of nitrogen functional groups attached to an aromatic ring is 1. The number of carbonyl (C=O) groups excluding carboxylic acids is 1. The van der Waals surface area contributed by atoms with Gasteiger partial charge in [-0.2, -0.15) is 0 Å². The van der Waals surface area contributed by atoms with Crippen LogP contribution in [0.5, 0.6) is 0 Å². The first-order chi connectivity index (χ1) is 8.65. The summed E-state index contributed by atoms with van der Waals surface area (Å²) in [6, 6.07) is 13.0. The molecule has 92 valence electrons. The van der Waals surface area contributed by atoms with Crippen LogP contribution in [0.1, 0.15) is 34.0 Å². The van der Waals surface area contributed by atoms with Crippen LogP contribution in [0.25, 0.3) is 0 Å². The number of ketones is 1. The third kappa shape index (κ3) is 2.14. The highest BCUT2D eigenvalue weighted by Gasteiger charge is 2.14. The summed E-state index contributed by atoms with van der Waals surface area (Å²) in [7, 11) is 0. The Morgan fingerprint density at radius 1 is 1.11 bits per heavy atom. The Balaban J connectivity index is 2.50. The van der Waals surface area contributed by atoms with E-state index in [9.17, 15) is 4.79 Å². The molecule has 2 aromatic carbocycles. The lowest BCUT2D eigenvalue weighted by Crippen LogP contribution is -2.08. The molecule has 0 heterocycles. The summed E-state index contributed by atoms with van der Waals surface area (Å²) in [6.07, 6.45) is 0.841. The molecule has 2 N–H and O–H groups in total. The molecule has 0 saturated carbocycles. The molecule has 0 bridgehead atoms. The standard InChI is InChI=1S/C16H17NO/c1-3-13-11(2)9-10-14(15(13)17)16(18)12-7-5-4-6-8-12/h4-10H,3,17H2,1-2H3. The summed E-state index contributed by atoms with van der Waals surface area (Å²) in [5.41, 5.74) is 10.2. The summed E-state index contributed by atoms with van der Waals surface area (Å²) in [4.78, 5) is 12.4. The number of hydrogen-bond donors (Lipinski definition) is 1. The molecular weight excluding hydrogens is 222 g/mol. The van der Waals surface area contributed by atoms with Crippen molar-refractivity contribution >= 4 is 11.5 Å². The van der Waals surface area contributed by atoms with Gasteiger partial charge in [-0.3, -0.25) is 4.79 Å². The second kappa shape index (κ2) is 5.05. The third-order valence-corrected chi connectivity index (χ3v) is 3.23. The number of aryl methyl sites for hydroxylation is 1. The molecule has 0 spiro atoms. The topological polar surface area (TPSA) is 43.1 Å². The number of anilines is 1. The minimum atomic E-state index is -0.0113. The molecule has 0 aliphatic carbocycles. The average Bonchev–Trinajstić information content (AvgIpc) is 2.40. The number of benzene rings is 2. The molecule has 2 heteroatoms. The van der Waals surface area contributed by atoms with Gasteiger partial charge in [-0.25, -0.2) is 0 Å². The highest BCUT2D eigenvalue weighted by molar-refractivity contribution is 6.12. The zero-order valence-electron chi connectivity index (χ0n) is 10.7. The lowest BCUT2D eigenvalue weighted by Gasteiger charge is -2.12. The van der Waals surface area contributed by atoms with Gasteiger partial charge in [0.25, 0.3) is 0 Å². The quantitative estimate of drug-likeness (QED) is 0.659. The molecule has 0 aromatic heterocycles. The van der Waals surface area contributed by atoms with Crippen LogP contribution in [0.3, 0.4) is 0 Å². The predicted molar refractivity (Wildman–Crippen MR) is 74.8 cm³/mol.